The predicted molar refractivity (Wildman–Crippen MR) is 51.4 cm³/mol. The maximum Gasteiger partial charge on any atom is 1.00 e. The van der Waals surface area contributed by atoms with Crippen LogP contribution in [0.25, 0.3) is 11.0 Å². The molecule has 0 saturated heterocycles. The Balaban J connectivity index is 0.00000128. The molecule has 0 aliphatic heterocycles. The van der Waals surface area contributed by atoms with Gasteiger partial charge in [-0.15, -0.1) is 0 Å². The van der Waals surface area contributed by atoms with Crippen molar-refractivity contribution in [1.82, 2.24) is 0 Å². The maximum absolute atomic E-state index is 11.7. The quantitative estimate of drug-likeness (QED) is 0.384. The molecule has 2 aromatic rings. The minimum absolute atomic E-state index is 0. The van der Waals surface area contributed by atoms with Crippen molar-refractivity contribution >= 4 is 11.0 Å². The zero-order valence-electron chi connectivity index (χ0n) is 8.90. The molecule has 0 amide bonds. The largest absolute Gasteiger partial charge is 1.00 e. The number of benzene rings is 1. The molecule has 2 rings (SSSR count). The first-order valence-electron chi connectivity index (χ1n) is 4.28. The molecule has 0 saturated carbocycles. The van der Waals surface area contributed by atoms with Gasteiger partial charge in [-0.05, 0) is 19.1 Å². The SMILES string of the molecule is Cc1ccc2oc(=O)c(C#N)c([O-])c2c1.[Na+]. The Morgan fingerprint density at radius 1 is 1.44 bits per heavy atom. The van der Waals surface area contributed by atoms with Gasteiger partial charge in [0.2, 0.25) is 0 Å². The van der Waals surface area contributed by atoms with Gasteiger partial charge in [0.25, 0.3) is 0 Å². The zero-order chi connectivity index (χ0) is 11.0. The van der Waals surface area contributed by atoms with E-state index in [9.17, 15) is 9.90 Å². The number of fused-ring (bicyclic) bond motifs is 1. The van der Waals surface area contributed by atoms with Crippen LogP contribution < -0.4 is 40.3 Å². The van der Waals surface area contributed by atoms with Gasteiger partial charge in [0.15, 0.2) is 0 Å². The van der Waals surface area contributed by atoms with E-state index < -0.39 is 16.9 Å². The van der Waals surface area contributed by atoms with E-state index in [0.29, 0.717) is 0 Å². The molecule has 74 valence electrons. The van der Waals surface area contributed by atoms with Crippen molar-refractivity contribution < 1.29 is 39.1 Å². The molecule has 0 aliphatic carbocycles. The Labute approximate surface area is 113 Å². The molecule has 0 N–H and O–H groups in total. The molecule has 0 bridgehead atoms. The fourth-order valence-electron chi connectivity index (χ4n) is 1.38. The molecule has 0 aliphatic rings. The second-order valence-electron chi connectivity index (χ2n) is 3.21. The molecule has 1 aromatic heterocycles. The summed E-state index contributed by atoms with van der Waals surface area (Å²) in [5.41, 5.74) is -0.251. The number of rotatable bonds is 0. The van der Waals surface area contributed by atoms with Gasteiger partial charge in [-0.3, -0.25) is 0 Å². The first kappa shape index (κ1) is 12.8. The Hall–Kier alpha value is -1.28. The van der Waals surface area contributed by atoms with Gasteiger partial charge >= 0.3 is 35.2 Å². The molecule has 0 radical (unpaired) electrons. The predicted octanol–water partition coefficient (Wildman–Crippen LogP) is -1.95. The van der Waals surface area contributed by atoms with Crippen LogP contribution in [-0.4, -0.2) is 0 Å². The maximum atomic E-state index is 11.7. The summed E-state index contributed by atoms with van der Waals surface area (Å²) in [5, 5.41) is 20.5. The Morgan fingerprint density at radius 3 is 2.75 bits per heavy atom. The summed E-state index contributed by atoms with van der Waals surface area (Å²) in [6.07, 6.45) is 0. The summed E-state index contributed by atoms with van der Waals surface area (Å²) < 4.78 is 4.84. The van der Waals surface area contributed by atoms with Gasteiger partial charge in [-0.2, -0.15) is 5.26 Å². The third-order valence-electron chi connectivity index (χ3n) is 2.13. The summed E-state index contributed by atoms with van der Waals surface area (Å²) in [7, 11) is 0. The van der Waals surface area contributed by atoms with Gasteiger partial charge < -0.3 is 9.52 Å². The van der Waals surface area contributed by atoms with E-state index in [1.54, 1.807) is 24.3 Å². The van der Waals surface area contributed by atoms with Crippen molar-refractivity contribution in [3.8, 4) is 11.8 Å². The van der Waals surface area contributed by atoms with Crippen LogP contribution in [0.5, 0.6) is 5.75 Å². The van der Waals surface area contributed by atoms with E-state index in [1.165, 1.54) is 0 Å². The summed E-state index contributed by atoms with van der Waals surface area (Å²) in [5.74, 6) is -0.563. The summed E-state index contributed by atoms with van der Waals surface area (Å²) in [6, 6.07) is 6.44. The molecule has 1 aromatic carbocycles. The standard InChI is InChI=1S/C11H7NO3.Na/c1-6-2-3-9-7(4-6)10(13)8(5-12)11(14)15-9;/h2-4,13H,1H3;/q;+1/p-1. The van der Waals surface area contributed by atoms with Gasteiger partial charge in [0.05, 0.1) is 0 Å². The molecule has 0 fully saturated rings. The van der Waals surface area contributed by atoms with Crippen molar-refractivity contribution in [2.75, 3.05) is 0 Å². The van der Waals surface area contributed by atoms with Crippen LogP contribution in [0.15, 0.2) is 27.4 Å². The Bertz CT molecular complexity index is 640. The first-order valence-corrected chi connectivity index (χ1v) is 4.28. The van der Waals surface area contributed by atoms with E-state index in [1.807, 2.05) is 6.92 Å². The minimum Gasteiger partial charge on any atom is -0.871 e. The topological polar surface area (TPSA) is 77.1 Å². The summed E-state index contributed by atoms with van der Waals surface area (Å²) >= 11 is 0. The number of hydrogen-bond donors (Lipinski definition) is 0. The fraction of sp³-hybridized carbons (Fsp3) is 0.0909. The number of hydrogen-bond acceptors (Lipinski definition) is 4. The van der Waals surface area contributed by atoms with Crippen LogP contribution in [-0.2, 0) is 0 Å². The van der Waals surface area contributed by atoms with Gasteiger partial charge in [-0.25, -0.2) is 4.79 Å². The molecule has 0 atom stereocenters. The molecule has 0 unspecified atom stereocenters. The average Bonchev–Trinajstić information content (AvgIpc) is 2.20. The van der Waals surface area contributed by atoms with E-state index in [0.717, 1.165) is 5.56 Å². The van der Waals surface area contributed by atoms with Crippen molar-refractivity contribution in [3.63, 3.8) is 0 Å². The minimum atomic E-state index is -0.876. The van der Waals surface area contributed by atoms with E-state index >= 15 is 0 Å². The Kier molecular flexibility index (Phi) is 3.76. The number of aryl methyl sites for hydroxylation is 1. The number of nitriles is 1. The molecule has 4 nitrogen and oxygen atoms in total. The van der Waals surface area contributed by atoms with Crippen LogP contribution in [0.4, 0.5) is 0 Å². The molecule has 5 heteroatoms. The number of nitrogens with zero attached hydrogens (tertiary/aromatic N) is 1. The average molecular weight is 223 g/mol. The van der Waals surface area contributed by atoms with Crippen LogP contribution in [0.1, 0.15) is 11.1 Å². The first-order chi connectivity index (χ1) is 7.13. The van der Waals surface area contributed by atoms with Crippen molar-refractivity contribution in [3.05, 3.63) is 39.7 Å². The zero-order valence-corrected chi connectivity index (χ0v) is 10.9. The fourth-order valence-corrected chi connectivity index (χ4v) is 1.38. The molecule has 1 heterocycles. The van der Waals surface area contributed by atoms with E-state index in [2.05, 4.69) is 0 Å². The van der Waals surface area contributed by atoms with E-state index in [4.69, 9.17) is 9.68 Å². The van der Waals surface area contributed by atoms with Crippen LogP contribution in [0, 0.1) is 18.3 Å². The molecule has 16 heavy (non-hydrogen) atoms. The van der Waals surface area contributed by atoms with Crippen LogP contribution in [0.3, 0.4) is 0 Å². The van der Waals surface area contributed by atoms with Gasteiger partial charge in [0.1, 0.15) is 17.2 Å². The Morgan fingerprint density at radius 2 is 2.12 bits per heavy atom. The van der Waals surface area contributed by atoms with Gasteiger partial charge in [0, 0.05) is 5.39 Å². The molecular formula is C11H6NNaO3. The summed E-state index contributed by atoms with van der Waals surface area (Å²) in [4.78, 5) is 11.2. The second kappa shape index (κ2) is 4.71. The second-order valence-corrected chi connectivity index (χ2v) is 3.21. The monoisotopic (exact) mass is 223 g/mol. The molecule has 0 spiro atoms. The van der Waals surface area contributed by atoms with Crippen molar-refractivity contribution in [2.45, 2.75) is 6.92 Å². The summed E-state index contributed by atoms with van der Waals surface area (Å²) in [6.45, 7) is 1.82. The van der Waals surface area contributed by atoms with Crippen LogP contribution in [0.2, 0.25) is 0 Å². The molecular weight excluding hydrogens is 217 g/mol. The smallest absolute Gasteiger partial charge is 0.871 e. The normalized spacial score (nSPS) is 9.50. The van der Waals surface area contributed by atoms with Gasteiger partial charge in [-0.1, -0.05) is 17.4 Å². The van der Waals surface area contributed by atoms with Crippen molar-refractivity contribution in [1.29, 1.82) is 5.26 Å². The van der Waals surface area contributed by atoms with Crippen LogP contribution >= 0.6 is 0 Å². The van der Waals surface area contributed by atoms with E-state index in [-0.39, 0.29) is 40.5 Å². The third kappa shape index (κ3) is 1.98. The third-order valence-corrected chi connectivity index (χ3v) is 2.13. The van der Waals surface area contributed by atoms with Crippen molar-refractivity contribution in [2.24, 2.45) is 0 Å².